The minimum Gasteiger partial charge on any atom is -0.491 e. The van der Waals surface area contributed by atoms with Crippen molar-refractivity contribution >= 4 is 0 Å². The van der Waals surface area contributed by atoms with Crippen molar-refractivity contribution in [2.75, 3.05) is 13.7 Å². The summed E-state index contributed by atoms with van der Waals surface area (Å²) in [5, 5.41) is 11.8. The van der Waals surface area contributed by atoms with E-state index in [1.165, 1.54) is 0 Å². The summed E-state index contributed by atoms with van der Waals surface area (Å²) in [6, 6.07) is 7.90. The van der Waals surface area contributed by atoms with Crippen LogP contribution in [0.5, 0.6) is 5.75 Å². The predicted octanol–water partition coefficient (Wildman–Crippen LogP) is 1.21. The summed E-state index contributed by atoms with van der Waals surface area (Å²) in [4.78, 5) is 0. The third-order valence-electron chi connectivity index (χ3n) is 2.27. The maximum absolute atomic E-state index is 8.67. The van der Waals surface area contributed by atoms with E-state index < -0.39 is 0 Å². The highest BCUT2D eigenvalue weighted by Crippen LogP contribution is 2.32. The van der Waals surface area contributed by atoms with Crippen LogP contribution in [-0.4, -0.2) is 13.7 Å². The van der Waals surface area contributed by atoms with Gasteiger partial charge in [0, 0.05) is 5.56 Å². The second-order valence-corrected chi connectivity index (χ2v) is 3.02. The molecule has 1 aliphatic rings. The molecule has 1 aromatic carbocycles. The molecule has 0 amide bonds. The molecule has 3 nitrogen and oxygen atoms in total. The second-order valence-electron chi connectivity index (χ2n) is 3.02. The van der Waals surface area contributed by atoms with Crippen molar-refractivity contribution in [2.24, 2.45) is 0 Å². The maximum Gasteiger partial charge on any atom is 0.125 e. The van der Waals surface area contributed by atoms with Crippen LogP contribution in [0.4, 0.5) is 0 Å². The van der Waals surface area contributed by atoms with Crippen LogP contribution in [-0.2, 0) is 0 Å². The van der Waals surface area contributed by atoms with Gasteiger partial charge in [-0.2, -0.15) is 5.26 Å². The molecule has 2 rings (SSSR count). The molecule has 0 bridgehead atoms. The predicted molar refractivity (Wildman–Crippen MR) is 48.5 cm³/mol. The first-order valence-electron chi connectivity index (χ1n) is 4.19. The highest BCUT2D eigenvalue weighted by molar-refractivity contribution is 5.46. The van der Waals surface area contributed by atoms with Crippen LogP contribution in [0.1, 0.15) is 17.2 Å². The Morgan fingerprint density at radius 1 is 1.62 bits per heavy atom. The van der Waals surface area contributed by atoms with E-state index in [2.05, 4.69) is 11.4 Å². The molecule has 0 aliphatic carbocycles. The second kappa shape index (κ2) is 3.08. The number of nitriles is 1. The van der Waals surface area contributed by atoms with E-state index in [-0.39, 0.29) is 6.04 Å². The van der Waals surface area contributed by atoms with Crippen LogP contribution in [0, 0.1) is 11.3 Å². The molecule has 0 radical (unpaired) electrons. The van der Waals surface area contributed by atoms with Gasteiger partial charge in [-0.25, -0.2) is 0 Å². The largest absolute Gasteiger partial charge is 0.491 e. The Hall–Kier alpha value is -1.53. The quantitative estimate of drug-likeness (QED) is 0.696. The smallest absolute Gasteiger partial charge is 0.125 e. The zero-order valence-corrected chi connectivity index (χ0v) is 7.37. The molecule has 1 heterocycles. The third-order valence-corrected chi connectivity index (χ3v) is 2.27. The number of benzene rings is 1. The fraction of sp³-hybridized carbons (Fsp3) is 0.300. The SMILES string of the molecule is CNC1COc2cc(C#N)ccc21. The number of nitrogens with zero attached hydrogens (tertiary/aromatic N) is 1. The molecule has 0 saturated heterocycles. The Morgan fingerprint density at radius 3 is 3.15 bits per heavy atom. The van der Waals surface area contributed by atoms with Gasteiger partial charge >= 0.3 is 0 Å². The lowest BCUT2D eigenvalue weighted by Crippen LogP contribution is -2.17. The number of fused-ring (bicyclic) bond motifs is 1. The summed E-state index contributed by atoms with van der Waals surface area (Å²) in [6.07, 6.45) is 0. The van der Waals surface area contributed by atoms with Crippen LogP contribution >= 0.6 is 0 Å². The molecule has 1 N–H and O–H groups in total. The molecule has 3 heteroatoms. The molecule has 1 unspecified atom stereocenters. The van der Waals surface area contributed by atoms with Crippen LogP contribution < -0.4 is 10.1 Å². The minimum absolute atomic E-state index is 0.266. The van der Waals surface area contributed by atoms with Gasteiger partial charge in [0.1, 0.15) is 12.4 Å². The van der Waals surface area contributed by atoms with Crippen molar-refractivity contribution in [1.82, 2.24) is 5.32 Å². The molecule has 0 spiro atoms. The average Bonchev–Trinajstić information content (AvgIpc) is 2.59. The van der Waals surface area contributed by atoms with E-state index in [0.29, 0.717) is 12.2 Å². The van der Waals surface area contributed by atoms with Gasteiger partial charge in [-0.3, -0.25) is 0 Å². The lowest BCUT2D eigenvalue weighted by molar-refractivity contribution is 0.318. The van der Waals surface area contributed by atoms with Crippen molar-refractivity contribution < 1.29 is 4.74 Å². The van der Waals surface area contributed by atoms with Crippen LogP contribution in [0.25, 0.3) is 0 Å². The standard InChI is InChI=1S/C10H10N2O/c1-12-9-6-13-10-4-7(5-11)2-3-8(9)10/h2-4,9,12H,6H2,1H3. The highest BCUT2D eigenvalue weighted by atomic mass is 16.5. The molecule has 66 valence electrons. The Labute approximate surface area is 76.9 Å². The zero-order valence-electron chi connectivity index (χ0n) is 7.37. The summed E-state index contributed by atoms with van der Waals surface area (Å²) < 4.78 is 5.43. The van der Waals surface area contributed by atoms with E-state index in [4.69, 9.17) is 10.00 Å². The zero-order chi connectivity index (χ0) is 9.26. The van der Waals surface area contributed by atoms with Gasteiger partial charge in [0.25, 0.3) is 0 Å². The first-order valence-corrected chi connectivity index (χ1v) is 4.19. The fourth-order valence-corrected chi connectivity index (χ4v) is 1.52. The van der Waals surface area contributed by atoms with Crippen molar-refractivity contribution in [1.29, 1.82) is 5.26 Å². The van der Waals surface area contributed by atoms with Crippen LogP contribution in [0.15, 0.2) is 18.2 Å². The number of hydrogen-bond acceptors (Lipinski definition) is 3. The lowest BCUT2D eigenvalue weighted by Gasteiger charge is -2.05. The van der Waals surface area contributed by atoms with E-state index in [1.54, 1.807) is 6.07 Å². The summed E-state index contributed by atoms with van der Waals surface area (Å²) in [7, 11) is 1.90. The summed E-state index contributed by atoms with van der Waals surface area (Å²) >= 11 is 0. The highest BCUT2D eigenvalue weighted by Gasteiger charge is 2.22. The van der Waals surface area contributed by atoms with E-state index >= 15 is 0 Å². The number of nitrogens with one attached hydrogen (secondary N) is 1. The molecule has 1 aromatic rings. The molecule has 0 aromatic heterocycles. The van der Waals surface area contributed by atoms with E-state index in [1.807, 2.05) is 19.2 Å². The van der Waals surface area contributed by atoms with Gasteiger partial charge in [0.15, 0.2) is 0 Å². The summed E-state index contributed by atoms with van der Waals surface area (Å²) in [6.45, 7) is 0.653. The molecular weight excluding hydrogens is 164 g/mol. The summed E-state index contributed by atoms with van der Waals surface area (Å²) in [5.74, 6) is 0.832. The normalized spacial score (nSPS) is 18.9. The van der Waals surface area contributed by atoms with E-state index in [9.17, 15) is 0 Å². The van der Waals surface area contributed by atoms with Crippen LogP contribution in [0.2, 0.25) is 0 Å². The van der Waals surface area contributed by atoms with Gasteiger partial charge in [0.05, 0.1) is 17.7 Å². The van der Waals surface area contributed by atoms with Gasteiger partial charge in [0.2, 0.25) is 0 Å². The molecule has 0 saturated carbocycles. The van der Waals surface area contributed by atoms with Crippen molar-refractivity contribution in [3.05, 3.63) is 29.3 Å². The topological polar surface area (TPSA) is 45.0 Å². The number of likely N-dealkylation sites (N-methyl/N-ethyl adjacent to an activating group) is 1. The number of hydrogen-bond donors (Lipinski definition) is 1. The first kappa shape index (κ1) is 8.09. The van der Waals surface area contributed by atoms with Gasteiger partial charge in [-0.05, 0) is 19.2 Å². The Balaban J connectivity index is 2.41. The molecule has 0 fully saturated rings. The lowest BCUT2D eigenvalue weighted by atomic mass is 10.1. The average molecular weight is 174 g/mol. The van der Waals surface area contributed by atoms with Crippen molar-refractivity contribution in [3.63, 3.8) is 0 Å². The Morgan fingerprint density at radius 2 is 2.46 bits per heavy atom. The fourth-order valence-electron chi connectivity index (χ4n) is 1.52. The van der Waals surface area contributed by atoms with Gasteiger partial charge < -0.3 is 10.1 Å². The van der Waals surface area contributed by atoms with Crippen molar-refractivity contribution in [3.8, 4) is 11.8 Å². The van der Waals surface area contributed by atoms with Gasteiger partial charge in [-0.15, -0.1) is 0 Å². The van der Waals surface area contributed by atoms with Gasteiger partial charge in [-0.1, -0.05) is 6.07 Å². The number of rotatable bonds is 1. The number of ether oxygens (including phenoxy) is 1. The Kier molecular flexibility index (Phi) is 1.91. The minimum atomic E-state index is 0.266. The monoisotopic (exact) mass is 174 g/mol. The van der Waals surface area contributed by atoms with E-state index in [0.717, 1.165) is 11.3 Å². The maximum atomic E-state index is 8.67. The Bertz CT molecular complexity index is 368. The van der Waals surface area contributed by atoms with Crippen LogP contribution in [0.3, 0.4) is 0 Å². The molecular formula is C10H10N2O. The third kappa shape index (κ3) is 1.25. The molecule has 1 atom stereocenters. The molecule has 13 heavy (non-hydrogen) atoms. The molecule has 1 aliphatic heterocycles. The summed E-state index contributed by atoms with van der Waals surface area (Å²) in [5.41, 5.74) is 1.79. The first-order chi connectivity index (χ1) is 6.35. The van der Waals surface area contributed by atoms with Crippen molar-refractivity contribution in [2.45, 2.75) is 6.04 Å².